The molecule has 4 nitrogen and oxygen atoms in total. The van der Waals surface area contributed by atoms with Crippen LogP contribution in [0.2, 0.25) is 5.15 Å². The molecule has 2 heterocycles. The molecule has 1 aliphatic rings. The van der Waals surface area contributed by atoms with Gasteiger partial charge in [0, 0.05) is 24.6 Å². The molecule has 0 saturated carbocycles. The molecule has 106 valence electrons. The highest BCUT2D eigenvalue weighted by Gasteiger charge is 2.20. The number of nitrogens with zero attached hydrogens (tertiary/aromatic N) is 3. The zero-order valence-corrected chi connectivity index (χ0v) is 12.8. The van der Waals surface area contributed by atoms with Crippen LogP contribution in [0, 0.1) is 6.92 Å². The first-order valence-corrected chi connectivity index (χ1v) is 7.53. The lowest BCUT2D eigenvalue weighted by molar-refractivity contribution is 0.226. The molecule has 5 heteroatoms. The minimum absolute atomic E-state index is 0.461. The normalized spacial score (nSPS) is 20.5. The summed E-state index contributed by atoms with van der Waals surface area (Å²) in [5, 5.41) is 4.12. The SMILES string of the molecule is CCc1nc(Cl)c(C)c(NC2CCCN(CC)C2)n1. The second-order valence-electron chi connectivity index (χ2n) is 5.13. The Kier molecular flexibility index (Phi) is 4.99. The molecule has 0 aromatic carbocycles. The van der Waals surface area contributed by atoms with Crippen LogP contribution in [0.4, 0.5) is 5.82 Å². The van der Waals surface area contributed by atoms with Crippen molar-refractivity contribution in [1.82, 2.24) is 14.9 Å². The maximum atomic E-state index is 6.17. The van der Waals surface area contributed by atoms with Crippen molar-refractivity contribution in [2.75, 3.05) is 25.0 Å². The molecule has 0 amide bonds. The largest absolute Gasteiger partial charge is 0.366 e. The van der Waals surface area contributed by atoms with Crippen molar-refractivity contribution in [3.8, 4) is 0 Å². The summed E-state index contributed by atoms with van der Waals surface area (Å²) in [7, 11) is 0. The van der Waals surface area contributed by atoms with Gasteiger partial charge in [0.15, 0.2) is 0 Å². The highest BCUT2D eigenvalue weighted by molar-refractivity contribution is 6.30. The molecular weight excluding hydrogens is 260 g/mol. The second-order valence-corrected chi connectivity index (χ2v) is 5.49. The molecule has 0 bridgehead atoms. The van der Waals surface area contributed by atoms with Gasteiger partial charge in [-0.3, -0.25) is 0 Å². The molecular formula is C14H23ClN4. The third kappa shape index (κ3) is 3.57. The van der Waals surface area contributed by atoms with E-state index in [9.17, 15) is 0 Å². The molecule has 1 aliphatic heterocycles. The van der Waals surface area contributed by atoms with Gasteiger partial charge in [-0.2, -0.15) is 0 Å². The van der Waals surface area contributed by atoms with Gasteiger partial charge in [0.1, 0.15) is 16.8 Å². The summed E-state index contributed by atoms with van der Waals surface area (Å²) in [6.07, 6.45) is 3.24. The Morgan fingerprint density at radius 3 is 2.84 bits per heavy atom. The second kappa shape index (κ2) is 6.53. The van der Waals surface area contributed by atoms with E-state index in [0.29, 0.717) is 11.2 Å². The van der Waals surface area contributed by atoms with Crippen molar-refractivity contribution in [1.29, 1.82) is 0 Å². The summed E-state index contributed by atoms with van der Waals surface area (Å²) in [5.41, 5.74) is 0.951. The quantitative estimate of drug-likeness (QED) is 0.862. The topological polar surface area (TPSA) is 41.1 Å². The molecule has 1 N–H and O–H groups in total. The van der Waals surface area contributed by atoms with Gasteiger partial charge in [0.2, 0.25) is 0 Å². The fourth-order valence-electron chi connectivity index (χ4n) is 2.49. The van der Waals surface area contributed by atoms with Crippen LogP contribution in [0.5, 0.6) is 0 Å². The maximum absolute atomic E-state index is 6.17. The van der Waals surface area contributed by atoms with Crippen LogP contribution in [-0.2, 0) is 6.42 Å². The van der Waals surface area contributed by atoms with Crippen LogP contribution in [0.25, 0.3) is 0 Å². The number of anilines is 1. The van der Waals surface area contributed by atoms with E-state index in [1.54, 1.807) is 0 Å². The molecule has 1 aromatic heterocycles. The number of aryl methyl sites for hydroxylation is 1. The van der Waals surface area contributed by atoms with Crippen molar-refractivity contribution < 1.29 is 0 Å². The zero-order chi connectivity index (χ0) is 13.8. The van der Waals surface area contributed by atoms with Gasteiger partial charge >= 0.3 is 0 Å². The summed E-state index contributed by atoms with van der Waals surface area (Å²) >= 11 is 6.17. The van der Waals surface area contributed by atoms with Crippen molar-refractivity contribution in [3.63, 3.8) is 0 Å². The summed E-state index contributed by atoms with van der Waals surface area (Å²) in [4.78, 5) is 11.3. The van der Waals surface area contributed by atoms with Crippen LogP contribution >= 0.6 is 11.6 Å². The molecule has 0 spiro atoms. The highest BCUT2D eigenvalue weighted by Crippen LogP contribution is 2.22. The van der Waals surface area contributed by atoms with Gasteiger partial charge in [-0.25, -0.2) is 9.97 Å². The van der Waals surface area contributed by atoms with Gasteiger partial charge < -0.3 is 10.2 Å². The van der Waals surface area contributed by atoms with E-state index in [1.165, 1.54) is 19.4 Å². The first-order valence-electron chi connectivity index (χ1n) is 7.16. The first-order chi connectivity index (χ1) is 9.13. The van der Waals surface area contributed by atoms with Crippen molar-refractivity contribution in [2.24, 2.45) is 0 Å². The van der Waals surface area contributed by atoms with E-state index < -0.39 is 0 Å². The molecule has 0 radical (unpaired) electrons. The van der Waals surface area contributed by atoms with Crippen LogP contribution in [0.3, 0.4) is 0 Å². The van der Waals surface area contributed by atoms with Crippen molar-refractivity contribution in [2.45, 2.75) is 46.1 Å². The van der Waals surface area contributed by atoms with E-state index in [1.807, 2.05) is 13.8 Å². The predicted molar refractivity (Wildman–Crippen MR) is 79.9 cm³/mol. The van der Waals surface area contributed by atoms with E-state index in [2.05, 4.69) is 27.1 Å². The van der Waals surface area contributed by atoms with Crippen molar-refractivity contribution in [3.05, 3.63) is 16.5 Å². The Morgan fingerprint density at radius 1 is 1.37 bits per heavy atom. The van der Waals surface area contributed by atoms with Gasteiger partial charge in [0.25, 0.3) is 0 Å². The minimum Gasteiger partial charge on any atom is -0.366 e. The molecule has 1 aromatic rings. The third-order valence-corrected chi connectivity index (χ3v) is 4.11. The Morgan fingerprint density at radius 2 is 2.16 bits per heavy atom. The lowest BCUT2D eigenvalue weighted by Crippen LogP contribution is -2.42. The predicted octanol–water partition coefficient (Wildman–Crippen LogP) is 2.90. The molecule has 1 atom stereocenters. The average molecular weight is 283 g/mol. The number of halogens is 1. The van der Waals surface area contributed by atoms with Gasteiger partial charge in [-0.15, -0.1) is 0 Å². The summed E-state index contributed by atoms with van der Waals surface area (Å²) in [5.74, 6) is 1.71. The number of hydrogen-bond donors (Lipinski definition) is 1. The standard InChI is InChI=1S/C14H23ClN4/c1-4-12-17-13(15)10(3)14(18-12)16-11-7-6-8-19(5-2)9-11/h11H,4-9H2,1-3H3,(H,16,17,18). The maximum Gasteiger partial charge on any atom is 0.137 e. The lowest BCUT2D eigenvalue weighted by atomic mass is 10.1. The third-order valence-electron chi connectivity index (χ3n) is 3.74. The molecule has 0 aliphatic carbocycles. The number of rotatable bonds is 4. The summed E-state index contributed by atoms with van der Waals surface area (Å²) < 4.78 is 0. The number of nitrogens with one attached hydrogen (secondary N) is 1. The Bertz CT molecular complexity index is 436. The first kappa shape index (κ1) is 14.5. The van der Waals surface area contributed by atoms with E-state index in [4.69, 9.17) is 11.6 Å². The number of piperidine rings is 1. The van der Waals surface area contributed by atoms with Crippen LogP contribution in [0.15, 0.2) is 0 Å². The highest BCUT2D eigenvalue weighted by atomic mass is 35.5. The van der Waals surface area contributed by atoms with Crippen LogP contribution in [-0.4, -0.2) is 40.5 Å². The molecule has 2 rings (SSSR count). The molecule has 1 fully saturated rings. The average Bonchev–Trinajstić information content (AvgIpc) is 2.43. The van der Waals surface area contributed by atoms with Crippen molar-refractivity contribution >= 4 is 17.4 Å². The Labute approximate surface area is 120 Å². The molecule has 1 unspecified atom stereocenters. The number of likely N-dealkylation sites (N-methyl/N-ethyl adjacent to an activating group) is 1. The Hall–Kier alpha value is -0.870. The van der Waals surface area contributed by atoms with Gasteiger partial charge in [-0.05, 0) is 32.9 Å². The van der Waals surface area contributed by atoms with Crippen LogP contribution in [0.1, 0.15) is 38.1 Å². The molecule has 1 saturated heterocycles. The van der Waals surface area contributed by atoms with E-state index in [0.717, 1.165) is 36.7 Å². The molecule has 19 heavy (non-hydrogen) atoms. The minimum atomic E-state index is 0.461. The fourth-order valence-corrected chi connectivity index (χ4v) is 2.67. The van der Waals surface area contributed by atoms with E-state index in [-0.39, 0.29) is 0 Å². The number of likely N-dealkylation sites (tertiary alicyclic amines) is 1. The van der Waals surface area contributed by atoms with Gasteiger partial charge in [0.05, 0.1) is 0 Å². The number of hydrogen-bond acceptors (Lipinski definition) is 4. The Balaban J connectivity index is 2.11. The fraction of sp³-hybridized carbons (Fsp3) is 0.714. The summed E-state index contributed by atoms with van der Waals surface area (Å²) in [6.45, 7) is 9.64. The van der Waals surface area contributed by atoms with E-state index >= 15 is 0 Å². The zero-order valence-electron chi connectivity index (χ0n) is 12.0. The van der Waals surface area contributed by atoms with Gasteiger partial charge in [-0.1, -0.05) is 25.4 Å². The monoisotopic (exact) mass is 282 g/mol. The smallest absolute Gasteiger partial charge is 0.137 e. The number of aromatic nitrogens is 2. The summed E-state index contributed by atoms with van der Waals surface area (Å²) in [6, 6.07) is 0.461. The van der Waals surface area contributed by atoms with Crippen LogP contribution < -0.4 is 5.32 Å². The lowest BCUT2D eigenvalue weighted by Gasteiger charge is -2.32.